The molecule has 0 fully saturated rings. The normalized spacial score (nSPS) is 11.5. The molecule has 0 aliphatic carbocycles. The van der Waals surface area contributed by atoms with Gasteiger partial charge >= 0.3 is 0 Å². The molecule has 128 valence electrons. The standard InChI is InChI=1S/C23H25OP/c1-17-10-18(2)13-22(12-17)25(24,16-21-8-6-5-7-9-21)23-14-19(3)11-20(4)15-23/h5-15H,16H2,1-4H3. The van der Waals surface area contributed by atoms with E-state index in [4.69, 9.17) is 0 Å². The minimum atomic E-state index is -2.75. The van der Waals surface area contributed by atoms with Gasteiger partial charge in [0.2, 0.25) is 0 Å². The first-order chi connectivity index (χ1) is 11.9. The Morgan fingerprint density at radius 2 is 1.04 bits per heavy atom. The molecule has 0 atom stereocenters. The molecule has 1 nitrogen and oxygen atoms in total. The summed E-state index contributed by atoms with van der Waals surface area (Å²) in [6.45, 7) is 8.30. The van der Waals surface area contributed by atoms with Gasteiger partial charge in [-0.1, -0.05) is 64.7 Å². The zero-order valence-corrected chi connectivity index (χ0v) is 16.3. The Kier molecular flexibility index (Phi) is 4.97. The molecule has 3 aromatic carbocycles. The second-order valence-corrected chi connectivity index (χ2v) is 9.90. The first kappa shape index (κ1) is 17.7. The molecule has 0 aliphatic heterocycles. The van der Waals surface area contributed by atoms with Gasteiger partial charge in [-0.15, -0.1) is 0 Å². The van der Waals surface area contributed by atoms with Gasteiger partial charge in [0.05, 0.1) is 0 Å². The minimum Gasteiger partial charge on any atom is -0.313 e. The lowest BCUT2D eigenvalue weighted by Crippen LogP contribution is -2.19. The molecule has 0 unspecified atom stereocenters. The van der Waals surface area contributed by atoms with Crippen LogP contribution in [0.25, 0.3) is 0 Å². The number of hydrogen-bond acceptors (Lipinski definition) is 1. The summed E-state index contributed by atoms with van der Waals surface area (Å²) in [5.74, 6) is 0. The Labute approximate surface area is 151 Å². The second-order valence-electron chi connectivity index (χ2n) is 7.08. The highest BCUT2D eigenvalue weighted by Crippen LogP contribution is 2.47. The molecule has 0 amide bonds. The van der Waals surface area contributed by atoms with Gasteiger partial charge < -0.3 is 4.57 Å². The lowest BCUT2D eigenvalue weighted by molar-refractivity contribution is 0.586. The van der Waals surface area contributed by atoms with Crippen LogP contribution < -0.4 is 10.6 Å². The van der Waals surface area contributed by atoms with Gasteiger partial charge in [0.25, 0.3) is 0 Å². The predicted molar refractivity (Wildman–Crippen MR) is 109 cm³/mol. The molecular formula is C23H25OP. The van der Waals surface area contributed by atoms with Gasteiger partial charge in [-0.2, -0.15) is 0 Å². The first-order valence-corrected chi connectivity index (χ1v) is 10.6. The van der Waals surface area contributed by atoms with Crippen LogP contribution in [0.5, 0.6) is 0 Å². The summed E-state index contributed by atoms with van der Waals surface area (Å²) in [5.41, 5.74) is 5.75. The van der Waals surface area contributed by atoms with E-state index in [9.17, 15) is 4.57 Å². The molecule has 0 bridgehead atoms. The van der Waals surface area contributed by atoms with Crippen molar-refractivity contribution in [2.75, 3.05) is 0 Å². The van der Waals surface area contributed by atoms with Crippen LogP contribution in [0, 0.1) is 27.7 Å². The molecule has 0 spiro atoms. The third-order valence-corrected chi connectivity index (χ3v) is 7.49. The third-order valence-electron chi connectivity index (χ3n) is 4.50. The van der Waals surface area contributed by atoms with E-state index >= 15 is 0 Å². The third kappa shape index (κ3) is 3.94. The van der Waals surface area contributed by atoms with Crippen LogP contribution in [0.2, 0.25) is 0 Å². The van der Waals surface area contributed by atoms with Crippen LogP contribution in [-0.2, 0) is 10.7 Å². The van der Waals surface area contributed by atoms with Gasteiger partial charge in [0, 0.05) is 16.8 Å². The summed E-state index contributed by atoms with van der Waals surface area (Å²) in [6, 6.07) is 22.8. The van der Waals surface area contributed by atoms with E-state index in [-0.39, 0.29) is 0 Å². The van der Waals surface area contributed by atoms with Gasteiger partial charge in [0.1, 0.15) is 7.14 Å². The number of hydrogen-bond donors (Lipinski definition) is 0. The van der Waals surface area contributed by atoms with Crippen LogP contribution in [0.4, 0.5) is 0 Å². The minimum absolute atomic E-state index is 0.555. The maximum absolute atomic E-state index is 14.4. The smallest absolute Gasteiger partial charge is 0.147 e. The molecule has 3 aromatic rings. The van der Waals surface area contributed by atoms with Crippen molar-refractivity contribution < 1.29 is 4.57 Å². The molecule has 25 heavy (non-hydrogen) atoms. The monoisotopic (exact) mass is 348 g/mol. The molecule has 0 heterocycles. The van der Waals surface area contributed by atoms with E-state index in [2.05, 4.69) is 76.2 Å². The van der Waals surface area contributed by atoms with E-state index in [0.717, 1.165) is 38.4 Å². The number of rotatable bonds is 4. The van der Waals surface area contributed by atoms with E-state index in [0.29, 0.717) is 6.16 Å². The van der Waals surface area contributed by atoms with Crippen molar-refractivity contribution in [3.05, 3.63) is 94.5 Å². The highest BCUT2D eigenvalue weighted by Gasteiger charge is 2.28. The Balaban J connectivity index is 2.21. The fourth-order valence-electron chi connectivity index (χ4n) is 3.49. The van der Waals surface area contributed by atoms with E-state index < -0.39 is 7.14 Å². The topological polar surface area (TPSA) is 17.1 Å². The van der Waals surface area contributed by atoms with Gasteiger partial charge in [-0.3, -0.25) is 0 Å². The van der Waals surface area contributed by atoms with Crippen LogP contribution in [0.3, 0.4) is 0 Å². The van der Waals surface area contributed by atoms with E-state index in [1.165, 1.54) is 0 Å². The average molecular weight is 348 g/mol. The predicted octanol–water partition coefficient (Wildman–Crippen LogP) is 5.43. The second kappa shape index (κ2) is 7.02. The molecule has 2 heteroatoms. The summed E-state index contributed by atoms with van der Waals surface area (Å²) in [5, 5.41) is 1.91. The van der Waals surface area contributed by atoms with Gasteiger partial charge in [0.15, 0.2) is 0 Å². The van der Waals surface area contributed by atoms with Crippen molar-refractivity contribution in [2.45, 2.75) is 33.9 Å². The number of benzene rings is 3. The zero-order chi connectivity index (χ0) is 18.0. The van der Waals surface area contributed by atoms with Crippen LogP contribution in [0.15, 0.2) is 66.7 Å². The largest absolute Gasteiger partial charge is 0.313 e. The summed E-state index contributed by atoms with van der Waals surface area (Å²) in [7, 11) is -2.75. The van der Waals surface area contributed by atoms with Crippen molar-refractivity contribution in [3.63, 3.8) is 0 Å². The van der Waals surface area contributed by atoms with E-state index in [1.54, 1.807) is 0 Å². The van der Waals surface area contributed by atoms with E-state index in [1.807, 2.05) is 18.2 Å². The highest BCUT2D eigenvalue weighted by molar-refractivity contribution is 7.78. The Morgan fingerprint density at radius 1 is 0.640 bits per heavy atom. The molecule has 0 radical (unpaired) electrons. The van der Waals surface area contributed by atoms with Crippen molar-refractivity contribution in [1.82, 2.24) is 0 Å². The molecule has 0 saturated carbocycles. The van der Waals surface area contributed by atoms with Gasteiger partial charge in [-0.05, 0) is 57.5 Å². The van der Waals surface area contributed by atoms with Crippen molar-refractivity contribution >= 4 is 17.8 Å². The van der Waals surface area contributed by atoms with Crippen LogP contribution in [-0.4, -0.2) is 0 Å². The summed E-state index contributed by atoms with van der Waals surface area (Å²) >= 11 is 0. The highest BCUT2D eigenvalue weighted by atomic mass is 31.2. The molecule has 0 aromatic heterocycles. The SMILES string of the molecule is Cc1cc(C)cc(P(=O)(Cc2ccccc2)c2cc(C)cc(C)c2)c1. The summed E-state index contributed by atoms with van der Waals surface area (Å²) in [4.78, 5) is 0. The summed E-state index contributed by atoms with van der Waals surface area (Å²) < 4.78 is 14.4. The Bertz CT molecular complexity index is 846. The molecular weight excluding hydrogens is 323 g/mol. The van der Waals surface area contributed by atoms with Crippen molar-refractivity contribution in [1.29, 1.82) is 0 Å². The molecule has 0 aliphatic rings. The van der Waals surface area contributed by atoms with Crippen LogP contribution >= 0.6 is 7.14 Å². The Hall–Kier alpha value is -2.11. The lowest BCUT2D eigenvalue weighted by Gasteiger charge is -2.22. The lowest BCUT2D eigenvalue weighted by atomic mass is 10.2. The zero-order valence-electron chi connectivity index (χ0n) is 15.4. The van der Waals surface area contributed by atoms with Crippen molar-refractivity contribution in [2.24, 2.45) is 0 Å². The molecule has 3 rings (SSSR count). The molecule has 0 N–H and O–H groups in total. The number of aryl methyl sites for hydroxylation is 4. The van der Waals surface area contributed by atoms with Crippen molar-refractivity contribution in [3.8, 4) is 0 Å². The summed E-state index contributed by atoms with van der Waals surface area (Å²) in [6.07, 6.45) is 0.555. The fourth-order valence-corrected chi connectivity index (χ4v) is 6.53. The Morgan fingerprint density at radius 3 is 1.44 bits per heavy atom. The maximum atomic E-state index is 14.4. The first-order valence-electron chi connectivity index (χ1n) is 8.67. The fraction of sp³-hybridized carbons (Fsp3) is 0.217. The maximum Gasteiger partial charge on any atom is 0.147 e. The quantitative estimate of drug-likeness (QED) is 0.574. The molecule has 0 saturated heterocycles. The average Bonchev–Trinajstić information content (AvgIpc) is 2.54. The van der Waals surface area contributed by atoms with Gasteiger partial charge in [-0.25, -0.2) is 0 Å². The van der Waals surface area contributed by atoms with Crippen LogP contribution in [0.1, 0.15) is 27.8 Å².